The van der Waals surface area contributed by atoms with Crippen molar-refractivity contribution < 1.29 is 9.47 Å². The van der Waals surface area contributed by atoms with Gasteiger partial charge in [-0.3, -0.25) is 0 Å². The van der Waals surface area contributed by atoms with E-state index in [-0.39, 0.29) is 0 Å². The molecule has 0 atom stereocenters. The van der Waals surface area contributed by atoms with Crippen LogP contribution in [0.15, 0.2) is 24.3 Å². The van der Waals surface area contributed by atoms with Crippen LogP contribution in [0.4, 0.5) is 0 Å². The predicted octanol–water partition coefficient (Wildman–Crippen LogP) is 2.43. The minimum atomic E-state index is -0.796. The first-order valence-electron chi connectivity index (χ1n) is 6.29. The number of hydrogen-bond acceptors (Lipinski definition) is 3. The van der Waals surface area contributed by atoms with Crippen LogP contribution in [0.2, 0.25) is 0 Å². The van der Waals surface area contributed by atoms with Gasteiger partial charge in [0.1, 0.15) is 0 Å². The van der Waals surface area contributed by atoms with Gasteiger partial charge in [-0.2, -0.15) is 0 Å². The van der Waals surface area contributed by atoms with E-state index in [1.165, 1.54) is 5.56 Å². The summed E-state index contributed by atoms with van der Waals surface area (Å²) in [6.45, 7) is 7.50. The molecular formula is C14H23NO2. The van der Waals surface area contributed by atoms with Crippen molar-refractivity contribution >= 4 is 0 Å². The van der Waals surface area contributed by atoms with E-state index in [1.807, 2.05) is 26.0 Å². The molecule has 96 valence electrons. The first-order chi connectivity index (χ1) is 8.22. The van der Waals surface area contributed by atoms with Crippen molar-refractivity contribution in [3.05, 3.63) is 35.4 Å². The molecule has 1 aromatic rings. The Kier molecular flexibility index (Phi) is 5.62. The predicted molar refractivity (Wildman–Crippen MR) is 69.8 cm³/mol. The van der Waals surface area contributed by atoms with Crippen LogP contribution in [-0.2, 0) is 21.7 Å². The van der Waals surface area contributed by atoms with Crippen LogP contribution in [0.5, 0.6) is 0 Å². The highest BCUT2D eigenvalue weighted by Gasteiger charge is 2.31. The van der Waals surface area contributed by atoms with Gasteiger partial charge in [0.2, 0.25) is 5.79 Å². The molecule has 0 aromatic heterocycles. The standard InChI is InChI=1S/C14H23NO2/c1-4-12-7-9-13(10-8-12)14(11-15,16-5-2)17-6-3/h7-10H,4-6,11,15H2,1-3H3. The fraction of sp³-hybridized carbons (Fsp3) is 0.571. The average molecular weight is 237 g/mol. The summed E-state index contributed by atoms with van der Waals surface area (Å²) in [6.07, 6.45) is 1.03. The highest BCUT2D eigenvalue weighted by Crippen LogP contribution is 2.26. The number of hydrogen-bond donors (Lipinski definition) is 1. The molecule has 0 amide bonds. The Bertz CT molecular complexity index is 315. The van der Waals surface area contributed by atoms with Crippen molar-refractivity contribution in [3.63, 3.8) is 0 Å². The molecule has 0 fully saturated rings. The Labute approximate surface area is 104 Å². The molecule has 0 aliphatic carbocycles. The summed E-state index contributed by atoms with van der Waals surface area (Å²) in [5, 5.41) is 0. The van der Waals surface area contributed by atoms with Crippen LogP contribution in [0.1, 0.15) is 31.9 Å². The van der Waals surface area contributed by atoms with Gasteiger partial charge >= 0.3 is 0 Å². The van der Waals surface area contributed by atoms with Crippen molar-refractivity contribution in [2.45, 2.75) is 33.0 Å². The molecule has 0 heterocycles. The first-order valence-corrected chi connectivity index (χ1v) is 6.29. The second kappa shape index (κ2) is 6.74. The SMILES string of the molecule is CCOC(CN)(OCC)c1ccc(CC)cc1. The Hall–Kier alpha value is -0.900. The van der Waals surface area contributed by atoms with Crippen LogP contribution < -0.4 is 5.73 Å². The zero-order valence-corrected chi connectivity index (χ0v) is 11.0. The topological polar surface area (TPSA) is 44.5 Å². The van der Waals surface area contributed by atoms with Gasteiger partial charge in [0.25, 0.3) is 0 Å². The lowest BCUT2D eigenvalue weighted by atomic mass is 10.0. The van der Waals surface area contributed by atoms with Gasteiger partial charge in [0.05, 0.1) is 6.54 Å². The van der Waals surface area contributed by atoms with Crippen molar-refractivity contribution in [2.24, 2.45) is 5.73 Å². The molecule has 0 aliphatic heterocycles. The molecule has 0 saturated heterocycles. The zero-order valence-electron chi connectivity index (χ0n) is 11.0. The maximum atomic E-state index is 5.83. The molecule has 0 unspecified atom stereocenters. The second-order valence-electron chi connectivity index (χ2n) is 3.87. The quantitative estimate of drug-likeness (QED) is 0.741. The third kappa shape index (κ3) is 3.28. The molecule has 3 heteroatoms. The van der Waals surface area contributed by atoms with Gasteiger partial charge < -0.3 is 15.2 Å². The number of ether oxygens (including phenoxy) is 2. The van der Waals surface area contributed by atoms with Crippen molar-refractivity contribution in [2.75, 3.05) is 19.8 Å². The Balaban J connectivity index is 3.01. The lowest BCUT2D eigenvalue weighted by molar-refractivity contribution is -0.235. The van der Waals surface area contributed by atoms with Crippen LogP contribution in [-0.4, -0.2) is 19.8 Å². The first kappa shape index (κ1) is 14.2. The minimum Gasteiger partial charge on any atom is -0.345 e. The zero-order chi connectivity index (χ0) is 12.7. The van der Waals surface area contributed by atoms with E-state index in [4.69, 9.17) is 15.2 Å². The van der Waals surface area contributed by atoms with Gasteiger partial charge in [0, 0.05) is 18.8 Å². The molecule has 17 heavy (non-hydrogen) atoms. The lowest BCUT2D eigenvalue weighted by Gasteiger charge is -2.32. The maximum Gasteiger partial charge on any atom is 0.207 e. The second-order valence-corrected chi connectivity index (χ2v) is 3.87. The third-order valence-electron chi connectivity index (χ3n) is 2.83. The molecule has 0 spiro atoms. The van der Waals surface area contributed by atoms with Gasteiger partial charge in [0.15, 0.2) is 0 Å². The molecule has 1 rings (SSSR count). The van der Waals surface area contributed by atoms with E-state index >= 15 is 0 Å². The monoisotopic (exact) mass is 237 g/mol. The van der Waals surface area contributed by atoms with Crippen molar-refractivity contribution in [3.8, 4) is 0 Å². The maximum absolute atomic E-state index is 5.83. The molecular weight excluding hydrogens is 214 g/mol. The molecule has 2 N–H and O–H groups in total. The lowest BCUT2D eigenvalue weighted by Crippen LogP contribution is -2.41. The van der Waals surface area contributed by atoms with E-state index < -0.39 is 5.79 Å². The summed E-state index contributed by atoms with van der Waals surface area (Å²) in [6, 6.07) is 8.27. The van der Waals surface area contributed by atoms with Crippen molar-refractivity contribution in [1.29, 1.82) is 0 Å². The Morgan fingerprint density at radius 2 is 1.53 bits per heavy atom. The fourth-order valence-electron chi connectivity index (χ4n) is 1.90. The number of nitrogens with two attached hydrogens (primary N) is 1. The molecule has 0 aliphatic rings. The third-order valence-corrected chi connectivity index (χ3v) is 2.83. The summed E-state index contributed by atoms with van der Waals surface area (Å²) < 4.78 is 11.5. The average Bonchev–Trinajstić information content (AvgIpc) is 2.38. The smallest absolute Gasteiger partial charge is 0.207 e. The fourth-order valence-corrected chi connectivity index (χ4v) is 1.90. The highest BCUT2D eigenvalue weighted by atomic mass is 16.7. The van der Waals surface area contributed by atoms with Crippen molar-refractivity contribution in [1.82, 2.24) is 0 Å². The van der Waals surface area contributed by atoms with E-state index in [0.29, 0.717) is 19.8 Å². The van der Waals surface area contributed by atoms with Gasteiger partial charge in [-0.25, -0.2) is 0 Å². The van der Waals surface area contributed by atoms with E-state index in [2.05, 4.69) is 19.1 Å². The largest absolute Gasteiger partial charge is 0.345 e. The number of benzene rings is 1. The van der Waals surface area contributed by atoms with Gasteiger partial charge in [-0.05, 0) is 25.8 Å². The Morgan fingerprint density at radius 1 is 1.00 bits per heavy atom. The van der Waals surface area contributed by atoms with Gasteiger partial charge in [-0.1, -0.05) is 31.2 Å². The summed E-state index contributed by atoms with van der Waals surface area (Å²) in [5.41, 5.74) is 8.12. The minimum absolute atomic E-state index is 0.320. The summed E-state index contributed by atoms with van der Waals surface area (Å²) in [5.74, 6) is -0.796. The molecule has 0 bridgehead atoms. The Morgan fingerprint density at radius 3 is 1.88 bits per heavy atom. The molecule has 0 saturated carbocycles. The molecule has 3 nitrogen and oxygen atoms in total. The molecule has 0 radical (unpaired) electrons. The summed E-state index contributed by atoms with van der Waals surface area (Å²) in [7, 11) is 0. The van der Waals surface area contributed by atoms with Crippen LogP contribution in [0.3, 0.4) is 0 Å². The molecule has 1 aromatic carbocycles. The number of aryl methyl sites for hydroxylation is 1. The summed E-state index contributed by atoms with van der Waals surface area (Å²) >= 11 is 0. The van der Waals surface area contributed by atoms with E-state index in [1.54, 1.807) is 0 Å². The van der Waals surface area contributed by atoms with Crippen LogP contribution in [0, 0.1) is 0 Å². The van der Waals surface area contributed by atoms with E-state index in [9.17, 15) is 0 Å². The normalized spacial score (nSPS) is 11.8. The van der Waals surface area contributed by atoms with Crippen LogP contribution in [0.25, 0.3) is 0 Å². The summed E-state index contributed by atoms with van der Waals surface area (Å²) in [4.78, 5) is 0. The highest BCUT2D eigenvalue weighted by molar-refractivity contribution is 5.26. The number of rotatable bonds is 7. The van der Waals surface area contributed by atoms with E-state index in [0.717, 1.165) is 12.0 Å². The van der Waals surface area contributed by atoms with Gasteiger partial charge in [-0.15, -0.1) is 0 Å². The van der Waals surface area contributed by atoms with Crippen LogP contribution >= 0.6 is 0 Å².